The molecule has 9 heteroatoms. The maximum atomic E-state index is 4.29. The largest absolute Gasteiger partial charge is 0.262 e. The lowest BCUT2D eigenvalue weighted by atomic mass is 10.5. The molecule has 86 valence electrons. The van der Waals surface area contributed by atoms with E-state index in [9.17, 15) is 0 Å². The minimum atomic E-state index is 0.610. The van der Waals surface area contributed by atoms with Gasteiger partial charge in [0, 0.05) is 6.42 Å². The quantitative estimate of drug-likeness (QED) is 0.714. The summed E-state index contributed by atoms with van der Waals surface area (Å²) in [5, 5.41) is 23.5. The molecule has 3 aromatic rings. The van der Waals surface area contributed by atoms with E-state index < -0.39 is 0 Å². The topological polar surface area (TPSA) is 97.5 Å². The van der Waals surface area contributed by atoms with E-state index in [1.165, 1.54) is 16.4 Å². The fraction of sp³-hybridized carbons (Fsp3) is 0.250. The summed E-state index contributed by atoms with van der Waals surface area (Å²) in [6.45, 7) is 2.01. The van der Waals surface area contributed by atoms with Crippen LogP contribution < -0.4 is 0 Å². The Morgan fingerprint density at radius 2 is 2.35 bits per heavy atom. The predicted molar refractivity (Wildman–Crippen MR) is 58.5 cm³/mol. The molecule has 0 atom stereocenters. The number of aromatic nitrogens is 8. The smallest absolute Gasteiger partial charge is 0.214 e. The SMILES string of the molecule is CCc1nc(Sc2ccc3nnnn3n2)n[nH]1. The van der Waals surface area contributed by atoms with Crippen molar-refractivity contribution in [2.24, 2.45) is 0 Å². The van der Waals surface area contributed by atoms with Gasteiger partial charge in [-0.2, -0.15) is 0 Å². The molecule has 0 aromatic carbocycles. The summed E-state index contributed by atoms with van der Waals surface area (Å²) in [5.74, 6) is 0.857. The lowest BCUT2D eigenvalue weighted by Gasteiger charge is -1.94. The summed E-state index contributed by atoms with van der Waals surface area (Å²) in [7, 11) is 0. The van der Waals surface area contributed by atoms with Gasteiger partial charge in [-0.25, -0.2) is 4.98 Å². The van der Waals surface area contributed by atoms with Crippen LogP contribution in [0.1, 0.15) is 12.7 Å². The second-order valence-corrected chi connectivity index (χ2v) is 4.21. The Morgan fingerprint density at radius 1 is 1.41 bits per heavy atom. The number of nitrogens with one attached hydrogen (secondary N) is 1. The van der Waals surface area contributed by atoms with Crippen LogP contribution in [-0.2, 0) is 6.42 Å². The fourth-order valence-corrected chi connectivity index (χ4v) is 1.95. The summed E-state index contributed by atoms with van der Waals surface area (Å²) in [6.07, 6.45) is 0.826. The lowest BCUT2D eigenvalue weighted by Crippen LogP contribution is -1.95. The molecule has 0 bridgehead atoms. The van der Waals surface area contributed by atoms with E-state index in [-0.39, 0.29) is 0 Å². The monoisotopic (exact) mass is 248 g/mol. The van der Waals surface area contributed by atoms with Crippen LogP contribution in [0.25, 0.3) is 5.65 Å². The molecule has 3 heterocycles. The molecule has 0 saturated heterocycles. The van der Waals surface area contributed by atoms with Gasteiger partial charge in [0.05, 0.1) is 0 Å². The van der Waals surface area contributed by atoms with Crippen molar-refractivity contribution in [2.75, 3.05) is 0 Å². The Kier molecular flexibility index (Phi) is 2.44. The molecule has 0 amide bonds. The van der Waals surface area contributed by atoms with Crippen LogP contribution >= 0.6 is 11.8 Å². The van der Waals surface area contributed by atoms with Crippen molar-refractivity contribution in [1.29, 1.82) is 0 Å². The number of tetrazole rings is 1. The first-order valence-electron chi connectivity index (χ1n) is 4.99. The standard InChI is InChI=1S/C8H8N8S/c1-2-5-9-8(12-10-5)17-7-4-3-6-11-14-15-16(6)13-7/h3-4H,2H2,1H3,(H,9,10,12). The third-order valence-corrected chi connectivity index (χ3v) is 2.88. The normalized spacial score (nSPS) is 11.1. The molecule has 0 saturated carbocycles. The third kappa shape index (κ3) is 1.96. The Hall–Kier alpha value is -2.03. The zero-order chi connectivity index (χ0) is 11.7. The van der Waals surface area contributed by atoms with Gasteiger partial charge in [-0.1, -0.05) is 6.92 Å². The minimum Gasteiger partial charge on any atom is -0.262 e. The van der Waals surface area contributed by atoms with E-state index in [0.717, 1.165) is 17.3 Å². The number of hydrogen-bond donors (Lipinski definition) is 1. The predicted octanol–water partition coefficient (Wildman–Crippen LogP) is 0.351. The van der Waals surface area contributed by atoms with Gasteiger partial charge in [0.15, 0.2) is 5.65 Å². The Morgan fingerprint density at radius 3 is 3.18 bits per heavy atom. The summed E-state index contributed by atoms with van der Waals surface area (Å²) in [6, 6.07) is 3.63. The maximum Gasteiger partial charge on any atom is 0.214 e. The zero-order valence-corrected chi connectivity index (χ0v) is 9.72. The van der Waals surface area contributed by atoms with Gasteiger partial charge in [0.1, 0.15) is 10.9 Å². The number of fused-ring (bicyclic) bond motifs is 1. The number of nitrogens with zero attached hydrogens (tertiary/aromatic N) is 7. The molecule has 0 fully saturated rings. The van der Waals surface area contributed by atoms with Crippen LogP contribution in [0.5, 0.6) is 0 Å². The average Bonchev–Trinajstić information content (AvgIpc) is 2.96. The highest BCUT2D eigenvalue weighted by atomic mass is 32.2. The first kappa shape index (κ1) is 10.1. The van der Waals surface area contributed by atoms with Crippen molar-refractivity contribution in [3.63, 3.8) is 0 Å². The van der Waals surface area contributed by atoms with E-state index in [1.807, 2.05) is 13.0 Å². The van der Waals surface area contributed by atoms with Gasteiger partial charge in [-0.3, -0.25) is 5.10 Å². The molecule has 1 N–H and O–H groups in total. The number of aryl methyl sites for hydroxylation is 1. The Labute approximate surface area is 99.8 Å². The van der Waals surface area contributed by atoms with Crippen molar-refractivity contribution < 1.29 is 0 Å². The lowest BCUT2D eigenvalue weighted by molar-refractivity contribution is 0.702. The number of rotatable bonds is 3. The highest BCUT2D eigenvalue weighted by Crippen LogP contribution is 2.21. The van der Waals surface area contributed by atoms with Gasteiger partial charge in [0.2, 0.25) is 5.16 Å². The van der Waals surface area contributed by atoms with Gasteiger partial charge in [0.25, 0.3) is 0 Å². The van der Waals surface area contributed by atoms with Gasteiger partial charge < -0.3 is 0 Å². The minimum absolute atomic E-state index is 0.610. The first-order valence-corrected chi connectivity index (χ1v) is 5.81. The molecule has 0 radical (unpaired) electrons. The number of H-pyrrole nitrogens is 1. The van der Waals surface area contributed by atoms with Crippen LogP contribution in [0.3, 0.4) is 0 Å². The van der Waals surface area contributed by atoms with Gasteiger partial charge >= 0.3 is 0 Å². The van der Waals surface area contributed by atoms with Gasteiger partial charge in [-0.15, -0.1) is 19.9 Å². The molecule has 0 spiro atoms. The van der Waals surface area contributed by atoms with Crippen LogP contribution in [0.4, 0.5) is 0 Å². The Bertz CT molecular complexity index is 644. The van der Waals surface area contributed by atoms with Crippen molar-refractivity contribution in [3.8, 4) is 0 Å². The maximum absolute atomic E-state index is 4.29. The van der Waals surface area contributed by atoms with Crippen LogP contribution in [0.15, 0.2) is 22.3 Å². The molecule has 8 nitrogen and oxygen atoms in total. The highest BCUT2D eigenvalue weighted by Gasteiger charge is 2.07. The van der Waals surface area contributed by atoms with Crippen LogP contribution in [-0.4, -0.2) is 40.4 Å². The van der Waals surface area contributed by atoms with E-state index in [2.05, 4.69) is 35.8 Å². The third-order valence-electron chi connectivity index (χ3n) is 2.09. The van der Waals surface area contributed by atoms with Crippen LogP contribution in [0.2, 0.25) is 0 Å². The van der Waals surface area contributed by atoms with E-state index in [0.29, 0.717) is 10.8 Å². The second kappa shape index (κ2) is 4.09. The highest BCUT2D eigenvalue weighted by molar-refractivity contribution is 7.99. The van der Waals surface area contributed by atoms with Crippen molar-refractivity contribution in [1.82, 2.24) is 40.4 Å². The molecule has 3 rings (SSSR count). The van der Waals surface area contributed by atoms with E-state index >= 15 is 0 Å². The second-order valence-electron chi connectivity index (χ2n) is 3.22. The van der Waals surface area contributed by atoms with Crippen LogP contribution in [0, 0.1) is 0 Å². The van der Waals surface area contributed by atoms with Crippen molar-refractivity contribution in [2.45, 2.75) is 23.5 Å². The molecule has 3 aromatic heterocycles. The zero-order valence-electron chi connectivity index (χ0n) is 8.90. The molecule has 0 aliphatic rings. The fourth-order valence-electron chi connectivity index (χ4n) is 1.26. The van der Waals surface area contributed by atoms with Crippen molar-refractivity contribution in [3.05, 3.63) is 18.0 Å². The number of aromatic amines is 1. The molecule has 0 aliphatic heterocycles. The Balaban J connectivity index is 1.88. The molecule has 0 aliphatic carbocycles. The summed E-state index contributed by atoms with van der Waals surface area (Å²) < 4.78 is 1.37. The number of hydrogen-bond acceptors (Lipinski definition) is 7. The molecule has 0 unspecified atom stereocenters. The molecular formula is C8H8N8S. The van der Waals surface area contributed by atoms with E-state index in [1.54, 1.807) is 6.07 Å². The van der Waals surface area contributed by atoms with E-state index in [4.69, 9.17) is 0 Å². The summed E-state index contributed by atoms with van der Waals surface area (Å²) in [5.41, 5.74) is 0.610. The summed E-state index contributed by atoms with van der Waals surface area (Å²) in [4.78, 5) is 4.29. The molecule has 17 heavy (non-hydrogen) atoms. The summed E-state index contributed by atoms with van der Waals surface area (Å²) >= 11 is 1.36. The van der Waals surface area contributed by atoms with Crippen molar-refractivity contribution >= 4 is 17.4 Å². The average molecular weight is 248 g/mol. The van der Waals surface area contributed by atoms with Gasteiger partial charge in [-0.05, 0) is 34.3 Å². The molecular weight excluding hydrogens is 240 g/mol. The first-order chi connectivity index (χ1) is 8.35.